The Morgan fingerprint density at radius 2 is 1.70 bits per heavy atom. The predicted octanol–water partition coefficient (Wildman–Crippen LogP) is 1.50. The van der Waals surface area contributed by atoms with Crippen LogP contribution in [0, 0.1) is 0 Å². The maximum Gasteiger partial charge on any atom is 0.233 e. The van der Waals surface area contributed by atoms with Crippen LogP contribution in [0.25, 0.3) is 0 Å². The van der Waals surface area contributed by atoms with Crippen LogP contribution in [0.5, 0.6) is 5.75 Å². The molecule has 0 radical (unpaired) electrons. The van der Waals surface area contributed by atoms with E-state index in [0.29, 0.717) is 5.91 Å². The van der Waals surface area contributed by atoms with E-state index in [1.54, 1.807) is 7.11 Å². The second kappa shape index (κ2) is 5.09. The molecule has 1 saturated heterocycles. The second-order valence-corrected chi connectivity index (χ2v) is 5.91. The van der Waals surface area contributed by atoms with Crippen molar-refractivity contribution in [3.8, 4) is 5.75 Å². The van der Waals surface area contributed by atoms with E-state index < -0.39 is 0 Å². The zero-order valence-corrected chi connectivity index (χ0v) is 12.3. The van der Waals surface area contributed by atoms with E-state index in [4.69, 9.17) is 4.74 Å². The molecule has 4 nitrogen and oxygen atoms in total. The molecule has 1 heterocycles. The fraction of sp³-hybridized carbons (Fsp3) is 0.562. The highest BCUT2D eigenvalue weighted by Crippen LogP contribution is 2.50. The lowest BCUT2D eigenvalue weighted by atomic mass is 9.94. The lowest BCUT2D eigenvalue weighted by Gasteiger charge is -2.35. The molecule has 2 fully saturated rings. The molecule has 0 aromatic heterocycles. The van der Waals surface area contributed by atoms with Gasteiger partial charge in [-0.3, -0.25) is 4.79 Å². The van der Waals surface area contributed by atoms with Gasteiger partial charge in [-0.1, -0.05) is 12.1 Å². The average molecular weight is 274 g/mol. The van der Waals surface area contributed by atoms with Crippen molar-refractivity contribution >= 4 is 5.91 Å². The first kappa shape index (κ1) is 13.4. The number of hydrogen-bond acceptors (Lipinski definition) is 3. The average Bonchev–Trinajstić information content (AvgIpc) is 3.29. The van der Waals surface area contributed by atoms with Gasteiger partial charge in [0, 0.05) is 26.2 Å². The standard InChI is InChI=1S/C16H22N2O2/c1-17-9-11-18(12-10-17)15(19)16(7-8-16)13-3-5-14(20-2)6-4-13/h3-6H,7-12H2,1-2H3. The Kier molecular flexibility index (Phi) is 3.42. The Morgan fingerprint density at radius 1 is 1.10 bits per heavy atom. The topological polar surface area (TPSA) is 32.8 Å². The summed E-state index contributed by atoms with van der Waals surface area (Å²) < 4.78 is 5.19. The summed E-state index contributed by atoms with van der Waals surface area (Å²) in [5.41, 5.74) is 0.893. The number of nitrogens with zero attached hydrogens (tertiary/aromatic N) is 2. The Morgan fingerprint density at radius 3 is 2.20 bits per heavy atom. The molecular formula is C16H22N2O2. The zero-order chi connectivity index (χ0) is 14.2. The van der Waals surface area contributed by atoms with Crippen molar-refractivity contribution in [1.29, 1.82) is 0 Å². The summed E-state index contributed by atoms with van der Waals surface area (Å²) in [6, 6.07) is 7.99. The van der Waals surface area contributed by atoms with E-state index in [1.807, 2.05) is 29.2 Å². The summed E-state index contributed by atoms with van der Waals surface area (Å²) in [7, 11) is 3.77. The Bertz CT molecular complexity index is 486. The van der Waals surface area contributed by atoms with Crippen LogP contribution in [0.4, 0.5) is 0 Å². The van der Waals surface area contributed by atoms with E-state index in [0.717, 1.165) is 50.3 Å². The summed E-state index contributed by atoms with van der Waals surface area (Å²) in [6.45, 7) is 3.66. The van der Waals surface area contributed by atoms with Gasteiger partial charge in [-0.05, 0) is 37.6 Å². The fourth-order valence-corrected chi connectivity index (χ4v) is 2.97. The maximum atomic E-state index is 12.8. The molecule has 1 aliphatic heterocycles. The van der Waals surface area contributed by atoms with Gasteiger partial charge in [-0.25, -0.2) is 0 Å². The first-order chi connectivity index (χ1) is 9.65. The Balaban J connectivity index is 1.76. The molecule has 0 unspecified atom stereocenters. The fourth-order valence-electron chi connectivity index (χ4n) is 2.97. The SMILES string of the molecule is COc1ccc(C2(C(=O)N3CCN(C)CC3)CC2)cc1. The van der Waals surface area contributed by atoms with Crippen molar-refractivity contribution in [2.75, 3.05) is 40.3 Å². The van der Waals surface area contributed by atoms with Gasteiger partial charge in [0.05, 0.1) is 12.5 Å². The van der Waals surface area contributed by atoms with Gasteiger partial charge in [0.1, 0.15) is 5.75 Å². The molecular weight excluding hydrogens is 252 g/mol. The molecule has 1 aromatic rings. The van der Waals surface area contributed by atoms with Crippen LogP contribution < -0.4 is 4.74 Å². The van der Waals surface area contributed by atoms with Gasteiger partial charge in [0.25, 0.3) is 0 Å². The van der Waals surface area contributed by atoms with Crippen LogP contribution in [0.3, 0.4) is 0 Å². The van der Waals surface area contributed by atoms with Crippen LogP contribution in [-0.2, 0) is 10.2 Å². The molecule has 1 saturated carbocycles. The molecule has 3 rings (SSSR count). The number of methoxy groups -OCH3 is 1. The summed E-state index contributed by atoms with van der Waals surface area (Å²) in [6.07, 6.45) is 1.95. The monoisotopic (exact) mass is 274 g/mol. The Hall–Kier alpha value is -1.55. The first-order valence-corrected chi connectivity index (χ1v) is 7.28. The molecule has 1 aliphatic carbocycles. The molecule has 1 amide bonds. The van der Waals surface area contributed by atoms with E-state index in [1.165, 1.54) is 0 Å². The van der Waals surface area contributed by atoms with Crippen LogP contribution in [0.15, 0.2) is 24.3 Å². The third-order valence-corrected chi connectivity index (χ3v) is 4.59. The van der Waals surface area contributed by atoms with Gasteiger partial charge in [-0.2, -0.15) is 0 Å². The van der Waals surface area contributed by atoms with Crippen molar-refractivity contribution in [2.45, 2.75) is 18.3 Å². The predicted molar refractivity (Wildman–Crippen MR) is 78.0 cm³/mol. The van der Waals surface area contributed by atoms with Gasteiger partial charge < -0.3 is 14.5 Å². The highest BCUT2D eigenvalue weighted by molar-refractivity contribution is 5.91. The molecule has 0 atom stereocenters. The number of carbonyl (C=O) groups is 1. The van der Waals surface area contributed by atoms with E-state index >= 15 is 0 Å². The number of benzene rings is 1. The normalized spacial score (nSPS) is 21.6. The number of rotatable bonds is 3. The highest BCUT2D eigenvalue weighted by atomic mass is 16.5. The van der Waals surface area contributed by atoms with Crippen LogP contribution in [0.1, 0.15) is 18.4 Å². The molecule has 4 heteroatoms. The van der Waals surface area contributed by atoms with Crippen molar-refractivity contribution in [2.24, 2.45) is 0 Å². The summed E-state index contributed by atoms with van der Waals surface area (Å²) >= 11 is 0. The van der Waals surface area contributed by atoms with Crippen molar-refractivity contribution in [3.63, 3.8) is 0 Å². The molecule has 108 valence electrons. The number of amides is 1. The number of piperazine rings is 1. The van der Waals surface area contributed by atoms with E-state index in [2.05, 4.69) is 11.9 Å². The smallest absolute Gasteiger partial charge is 0.233 e. The largest absolute Gasteiger partial charge is 0.497 e. The number of likely N-dealkylation sites (N-methyl/N-ethyl adjacent to an activating group) is 1. The summed E-state index contributed by atoms with van der Waals surface area (Å²) in [5.74, 6) is 1.16. The second-order valence-electron chi connectivity index (χ2n) is 5.91. The summed E-state index contributed by atoms with van der Waals surface area (Å²) in [4.78, 5) is 17.1. The van der Waals surface area contributed by atoms with Crippen LogP contribution in [0.2, 0.25) is 0 Å². The third-order valence-electron chi connectivity index (χ3n) is 4.59. The lowest BCUT2D eigenvalue weighted by Crippen LogP contribution is -2.50. The Labute approximate surface area is 120 Å². The van der Waals surface area contributed by atoms with Gasteiger partial charge in [-0.15, -0.1) is 0 Å². The number of carbonyl (C=O) groups excluding carboxylic acids is 1. The van der Waals surface area contributed by atoms with Gasteiger partial charge >= 0.3 is 0 Å². The third kappa shape index (κ3) is 2.29. The quantitative estimate of drug-likeness (QED) is 0.837. The van der Waals surface area contributed by atoms with Crippen molar-refractivity contribution in [3.05, 3.63) is 29.8 Å². The molecule has 0 spiro atoms. The molecule has 1 aromatic carbocycles. The van der Waals surface area contributed by atoms with Gasteiger partial charge in [0.2, 0.25) is 5.91 Å². The zero-order valence-electron chi connectivity index (χ0n) is 12.3. The molecule has 0 bridgehead atoms. The minimum absolute atomic E-state index is 0.248. The van der Waals surface area contributed by atoms with Gasteiger partial charge in [0.15, 0.2) is 0 Å². The molecule has 2 aliphatic rings. The molecule has 0 N–H and O–H groups in total. The minimum Gasteiger partial charge on any atom is -0.497 e. The van der Waals surface area contributed by atoms with Crippen molar-refractivity contribution < 1.29 is 9.53 Å². The van der Waals surface area contributed by atoms with Crippen LogP contribution in [-0.4, -0.2) is 56.0 Å². The minimum atomic E-state index is -0.248. The van der Waals surface area contributed by atoms with Crippen LogP contribution >= 0.6 is 0 Å². The molecule has 20 heavy (non-hydrogen) atoms. The number of hydrogen-bond donors (Lipinski definition) is 0. The highest BCUT2D eigenvalue weighted by Gasteiger charge is 2.53. The summed E-state index contributed by atoms with van der Waals surface area (Å²) in [5, 5.41) is 0. The lowest BCUT2D eigenvalue weighted by molar-refractivity contribution is -0.135. The number of ether oxygens (including phenoxy) is 1. The van der Waals surface area contributed by atoms with E-state index in [-0.39, 0.29) is 5.41 Å². The van der Waals surface area contributed by atoms with E-state index in [9.17, 15) is 4.79 Å². The first-order valence-electron chi connectivity index (χ1n) is 7.28. The van der Waals surface area contributed by atoms with Crippen molar-refractivity contribution in [1.82, 2.24) is 9.80 Å². The maximum absolute atomic E-state index is 12.8.